The SMILES string of the molecule is O=C1NC(=O)c2cc(Cl)c(Cl)c3c(N4CCCC4)ccc1c23. The Balaban J connectivity index is 2.14. The van der Waals surface area contributed by atoms with E-state index in [4.69, 9.17) is 23.2 Å². The molecule has 22 heavy (non-hydrogen) atoms. The van der Waals surface area contributed by atoms with Gasteiger partial charge in [-0.3, -0.25) is 14.9 Å². The highest BCUT2D eigenvalue weighted by Gasteiger charge is 2.29. The Morgan fingerprint density at radius 1 is 0.955 bits per heavy atom. The van der Waals surface area contributed by atoms with E-state index in [2.05, 4.69) is 10.2 Å². The van der Waals surface area contributed by atoms with Crippen LogP contribution in [-0.4, -0.2) is 24.9 Å². The molecule has 0 aliphatic carbocycles. The second-order valence-electron chi connectivity index (χ2n) is 5.58. The maximum atomic E-state index is 12.1. The lowest BCUT2D eigenvalue weighted by Crippen LogP contribution is -2.35. The van der Waals surface area contributed by atoms with Gasteiger partial charge in [-0.25, -0.2) is 0 Å². The van der Waals surface area contributed by atoms with Crippen LogP contribution >= 0.6 is 23.2 Å². The summed E-state index contributed by atoms with van der Waals surface area (Å²) in [6.45, 7) is 1.87. The third kappa shape index (κ3) is 1.84. The number of carbonyl (C=O) groups is 2. The molecule has 0 saturated carbocycles. The first-order valence-electron chi connectivity index (χ1n) is 7.13. The van der Waals surface area contributed by atoms with Gasteiger partial charge in [-0.05, 0) is 31.0 Å². The zero-order valence-corrected chi connectivity index (χ0v) is 13.1. The van der Waals surface area contributed by atoms with Crippen LogP contribution in [0.1, 0.15) is 33.6 Å². The Bertz CT molecular complexity index is 842. The summed E-state index contributed by atoms with van der Waals surface area (Å²) in [5.74, 6) is -0.825. The van der Waals surface area contributed by atoms with Crippen LogP contribution in [0.15, 0.2) is 18.2 Å². The molecule has 4 rings (SSSR count). The van der Waals surface area contributed by atoms with Crippen LogP contribution in [0.2, 0.25) is 10.0 Å². The lowest BCUT2D eigenvalue weighted by molar-refractivity contribution is 0.0845. The summed E-state index contributed by atoms with van der Waals surface area (Å²) < 4.78 is 0. The normalized spacial score (nSPS) is 17.3. The molecule has 0 spiro atoms. The van der Waals surface area contributed by atoms with Crippen molar-refractivity contribution in [1.82, 2.24) is 5.32 Å². The molecule has 2 heterocycles. The van der Waals surface area contributed by atoms with Crippen LogP contribution in [0.4, 0.5) is 5.69 Å². The second-order valence-corrected chi connectivity index (χ2v) is 6.36. The van der Waals surface area contributed by atoms with Gasteiger partial charge in [0.05, 0.1) is 15.6 Å². The van der Waals surface area contributed by atoms with Gasteiger partial charge in [0.2, 0.25) is 0 Å². The summed E-state index contributed by atoms with van der Waals surface area (Å²) in [5.41, 5.74) is 1.80. The van der Waals surface area contributed by atoms with Gasteiger partial charge in [-0.1, -0.05) is 23.2 Å². The van der Waals surface area contributed by atoms with E-state index in [0.29, 0.717) is 31.9 Å². The molecule has 112 valence electrons. The zero-order valence-electron chi connectivity index (χ0n) is 11.6. The minimum atomic E-state index is -0.431. The van der Waals surface area contributed by atoms with Gasteiger partial charge < -0.3 is 4.90 Å². The minimum absolute atomic E-state index is 0.325. The summed E-state index contributed by atoms with van der Waals surface area (Å²) in [6.07, 6.45) is 2.24. The lowest BCUT2D eigenvalue weighted by atomic mass is 9.93. The Morgan fingerprint density at radius 3 is 2.36 bits per heavy atom. The average molecular weight is 335 g/mol. The van der Waals surface area contributed by atoms with E-state index in [1.807, 2.05) is 6.07 Å². The maximum absolute atomic E-state index is 12.1. The third-order valence-electron chi connectivity index (χ3n) is 4.32. The van der Waals surface area contributed by atoms with Crippen molar-refractivity contribution in [3.05, 3.63) is 39.4 Å². The summed E-state index contributed by atoms with van der Waals surface area (Å²) in [7, 11) is 0. The molecule has 0 aromatic heterocycles. The third-order valence-corrected chi connectivity index (χ3v) is 5.10. The van der Waals surface area contributed by atoms with E-state index in [1.165, 1.54) is 6.07 Å². The fourth-order valence-corrected chi connectivity index (χ4v) is 3.75. The van der Waals surface area contributed by atoms with Crippen molar-refractivity contribution in [1.29, 1.82) is 0 Å². The number of nitrogens with one attached hydrogen (secondary N) is 1. The van der Waals surface area contributed by atoms with Crippen molar-refractivity contribution in [2.45, 2.75) is 12.8 Å². The molecule has 2 aliphatic rings. The molecule has 2 aliphatic heterocycles. The monoisotopic (exact) mass is 334 g/mol. The van der Waals surface area contributed by atoms with Gasteiger partial charge in [-0.2, -0.15) is 0 Å². The van der Waals surface area contributed by atoms with E-state index < -0.39 is 11.8 Å². The Hall–Kier alpha value is -1.78. The summed E-state index contributed by atoms with van der Waals surface area (Å²) >= 11 is 12.6. The van der Waals surface area contributed by atoms with E-state index in [1.54, 1.807) is 6.07 Å². The minimum Gasteiger partial charge on any atom is -0.371 e. The number of amides is 2. The number of nitrogens with zero attached hydrogens (tertiary/aromatic N) is 1. The van der Waals surface area contributed by atoms with Crippen LogP contribution in [0.3, 0.4) is 0 Å². The molecule has 1 N–H and O–H groups in total. The van der Waals surface area contributed by atoms with Crippen molar-refractivity contribution < 1.29 is 9.59 Å². The van der Waals surface area contributed by atoms with Crippen molar-refractivity contribution in [3.8, 4) is 0 Å². The van der Waals surface area contributed by atoms with Crippen molar-refractivity contribution in [2.24, 2.45) is 0 Å². The molecule has 0 unspecified atom stereocenters. The summed E-state index contributed by atoms with van der Waals surface area (Å²) in [4.78, 5) is 26.4. The summed E-state index contributed by atoms with van der Waals surface area (Å²) in [5, 5.41) is 4.36. The number of hydrogen-bond acceptors (Lipinski definition) is 3. The maximum Gasteiger partial charge on any atom is 0.258 e. The molecule has 6 heteroatoms. The quantitative estimate of drug-likeness (QED) is 0.810. The predicted octanol–water partition coefficient (Wildman–Crippen LogP) is 3.63. The fourth-order valence-electron chi connectivity index (χ4n) is 3.30. The van der Waals surface area contributed by atoms with Gasteiger partial charge in [0.15, 0.2) is 0 Å². The Morgan fingerprint density at radius 2 is 1.64 bits per heavy atom. The van der Waals surface area contributed by atoms with Gasteiger partial charge >= 0.3 is 0 Å². The van der Waals surface area contributed by atoms with Crippen LogP contribution in [-0.2, 0) is 0 Å². The molecule has 1 saturated heterocycles. The van der Waals surface area contributed by atoms with E-state index in [9.17, 15) is 9.59 Å². The zero-order chi connectivity index (χ0) is 15.4. The van der Waals surface area contributed by atoms with Crippen molar-refractivity contribution in [3.63, 3.8) is 0 Å². The highest BCUT2D eigenvalue weighted by Crippen LogP contribution is 2.42. The van der Waals surface area contributed by atoms with Crippen molar-refractivity contribution >= 4 is 51.5 Å². The van der Waals surface area contributed by atoms with E-state index in [-0.39, 0.29) is 0 Å². The van der Waals surface area contributed by atoms with Gasteiger partial charge in [0.1, 0.15) is 0 Å². The number of benzene rings is 2. The number of rotatable bonds is 1. The topological polar surface area (TPSA) is 49.4 Å². The number of anilines is 1. The number of imide groups is 1. The van der Waals surface area contributed by atoms with E-state index >= 15 is 0 Å². The highest BCUT2D eigenvalue weighted by molar-refractivity contribution is 6.47. The van der Waals surface area contributed by atoms with Gasteiger partial charge in [-0.15, -0.1) is 0 Å². The molecule has 2 aromatic carbocycles. The van der Waals surface area contributed by atoms with Gasteiger partial charge in [0.25, 0.3) is 11.8 Å². The number of halogens is 2. The molecule has 0 atom stereocenters. The Labute approximate surface area is 137 Å². The summed E-state index contributed by atoms with van der Waals surface area (Å²) in [6, 6.07) is 5.18. The Kier molecular flexibility index (Phi) is 3.06. The number of hydrogen-bond donors (Lipinski definition) is 1. The first-order valence-corrected chi connectivity index (χ1v) is 7.89. The van der Waals surface area contributed by atoms with Crippen LogP contribution < -0.4 is 10.2 Å². The van der Waals surface area contributed by atoms with E-state index in [0.717, 1.165) is 31.6 Å². The molecular formula is C16H12Cl2N2O2. The standard InChI is InChI=1S/C16H12Cl2N2O2/c17-10-7-9-12-8(15(21)19-16(9)22)3-4-11(13(12)14(10)18)20-5-1-2-6-20/h3-4,7H,1-2,5-6H2,(H,19,21,22). The number of carbonyl (C=O) groups excluding carboxylic acids is 2. The highest BCUT2D eigenvalue weighted by atomic mass is 35.5. The van der Waals surface area contributed by atoms with Crippen LogP contribution in [0.25, 0.3) is 10.8 Å². The average Bonchev–Trinajstić information content (AvgIpc) is 3.02. The molecular weight excluding hydrogens is 323 g/mol. The molecule has 4 nitrogen and oxygen atoms in total. The molecule has 0 radical (unpaired) electrons. The fraction of sp³-hybridized carbons (Fsp3) is 0.250. The molecule has 2 aromatic rings. The van der Waals surface area contributed by atoms with Crippen LogP contribution in [0.5, 0.6) is 0 Å². The van der Waals surface area contributed by atoms with Gasteiger partial charge in [0, 0.05) is 35.1 Å². The molecule has 0 bridgehead atoms. The van der Waals surface area contributed by atoms with Crippen LogP contribution in [0, 0.1) is 0 Å². The smallest absolute Gasteiger partial charge is 0.258 e. The predicted molar refractivity (Wildman–Crippen MR) is 87.2 cm³/mol. The lowest BCUT2D eigenvalue weighted by Gasteiger charge is -2.25. The molecule has 1 fully saturated rings. The molecule has 2 amide bonds. The first-order chi connectivity index (χ1) is 10.6. The van der Waals surface area contributed by atoms with Crippen molar-refractivity contribution in [2.75, 3.05) is 18.0 Å². The first kappa shape index (κ1) is 13.9. The second kappa shape index (κ2) is 4.86. The largest absolute Gasteiger partial charge is 0.371 e.